The van der Waals surface area contributed by atoms with Crippen molar-refractivity contribution in [3.8, 4) is 0 Å². The number of hydrogen-bond donors (Lipinski definition) is 1. The molecule has 2 rings (SSSR count). The molecule has 16 heavy (non-hydrogen) atoms. The summed E-state index contributed by atoms with van der Waals surface area (Å²) in [5, 5.41) is 0. The summed E-state index contributed by atoms with van der Waals surface area (Å²) in [7, 11) is 0. The van der Waals surface area contributed by atoms with Crippen LogP contribution in [0.3, 0.4) is 0 Å². The maximum Gasteiger partial charge on any atom is 0.251 e. The number of alkyl halides is 2. The number of aromatic nitrogens is 1. The fraction of sp³-hybridized carbons (Fsp3) is 0.583. The molecule has 0 bridgehead atoms. The molecule has 4 heteroatoms. The summed E-state index contributed by atoms with van der Waals surface area (Å²) in [6.07, 6.45) is 3.15. The highest BCUT2D eigenvalue weighted by molar-refractivity contribution is 5.10. The molecule has 1 saturated carbocycles. The molecule has 0 radical (unpaired) electrons. The summed E-state index contributed by atoms with van der Waals surface area (Å²) < 4.78 is 25.9. The van der Waals surface area contributed by atoms with Gasteiger partial charge in [-0.05, 0) is 31.2 Å². The van der Waals surface area contributed by atoms with Gasteiger partial charge in [0.25, 0.3) is 5.56 Å². The second-order valence-electron chi connectivity index (χ2n) is 4.53. The minimum absolute atomic E-state index is 0.0393. The highest BCUT2D eigenvalue weighted by Gasteiger charge is 2.34. The fourth-order valence-electron chi connectivity index (χ4n) is 2.23. The molecule has 1 fully saturated rings. The molecule has 1 aromatic heterocycles. The van der Waals surface area contributed by atoms with E-state index in [9.17, 15) is 13.6 Å². The first kappa shape index (κ1) is 11.3. The van der Waals surface area contributed by atoms with Gasteiger partial charge in [0, 0.05) is 24.6 Å². The van der Waals surface area contributed by atoms with Gasteiger partial charge in [0.2, 0.25) is 5.92 Å². The van der Waals surface area contributed by atoms with E-state index in [1.165, 1.54) is 0 Å². The van der Waals surface area contributed by atoms with Crippen LogP contribution >= 0.6 is 0 Å². The van der Waals surface area contributed by atoms with Crippen LogP contribution in [0, 0.1) is 5.92 Å². The van der Waals surface area contributed by atoms with Crippen molar-refractivity contribution in [2.75, 3.05) is 0 Å². The Morgan fingerprint density at radius 2 is 2.06 bits per heavy atom. The first-order chi connectivity index (χ1) is 7.57. The highest BCUT2D eigenvalue weighted by Crippen LogP contribution is 2.37. The molecule has 0 aromatic carbocycles. The normalized spacial score (nSPS) is 20.9. The molecule has 0 unspecified atom stereocenters. The van der Waals surface area contributed by atoms with Crippen molar-refractivity contribution in [3.05, 3.63) is 34.2 Å². The van der Waals surface area contributed by atoms with E-state index in [-0.39, 0.29) is 24.3 Å². The van der Waals surface area contributed by atoms with Crippen molar-refractivity contribution in [3.63, 3.8) is 0 Å². The number of aromatic amines is 1. The number of nitrogens with one attached hydrogen (secondary N) is 1. The van der Waals surface area contributed by atoms with Crippen molar-refractivity contribution >= 4 is 0 Å². The van der Waals surface area contributed by atoms with E-state index < -0.39 is 5.92 Å². The zero-order chi connectivity index (χ0) is 11.6. The van der Waals surface area contributed by atoms with Gasteiger partial charge < -0.3 is 4.98 Å². The molecule has 1 aliphatic rings. The third-order valence-electron chi connectivity index (χ3n) is 3.24. The fourth-order valence-corrected chi connectivity index (χ4v) is 2.23. The van der Waals surface area contributed by atoms with Crippen LogP contribution in [-0.4, -0.2) is 10.9 Å². The Labute approximate surface area is 92.7 Å². The van der Waals surface area contributed by atoms with Crippen molar-refractivity contribution in [2.24, 2.45) is 5.92 Å². The zero-order valence-electron chi connectivity index (χ0n) is 9.01. The van der Waals surface area contributed by atoms with Gasteiger partial charge in [0.1, 0.15) is 0 Å². The lowest BCUT2D eigenvalue weighted by molar-refractivity contribution is -0.0456. The molecule has 1 heterocycles. The highest BCUT2D eigenvalue weighted by atomic mass is 19.3. The standard InChI is InChI=1S/C12H15F2NO/c13-12(14)5-3-9(4-6-12)8-10-2-1-7-15-11(10)16/h1-2,7,9H,3-6,8H2,(H,15,16). The lowest BCUT2D eigenvalue weighted by atomic mass is 9.83. The first-order valence-electron chi connectivity index (χ1n) is 5.61. The van der Waals surface area contributed by atoms with Crippen LogP contribution in [0.1, 0.15) is 31.2 Å². The lowest BCUT2D eigenvalue weighted by Crippen LogP contribution is -2.26. The summed E-state index contributed by atoms with van der Waals surface area (Å²) in [6.45, 7) is 0. The predicted molar refractivity (Wildman–Crippen MR) is 57.7 cm³/mol. The molecule has 88 valence electrons. The Kier molecular flexibility index (Phi) is 3.08. The van der Waals surface area contributed by atoms with Gasteiger partial charge in [0.15, 0.2) is 0 Å². The number of rotatable bonds is 2. The third-order valence-corrected chi connectivity index (χ3v) is 3.24. The van der Waals surface area contributed by atoms with Gasteiger partial charge >= 0.3 is 0 Å². The van der Waals surface area contributed by atoms with Crippen LogP contribution < -0.4 is 5.56 Å². The molecule has 1 aliphatic carbocycles. The van der Waals surface area contributed by atoms with Crippen LogP contribution in [-0.2, 0) is 6.42 Å². The summed E-state index contributed by atoms with van der Waals surface area (Å²) in [5.74, 6) is -2.26. The minimum Gasteiger partial charge on any atom is -0.329 e. The van der Waals surface area contributed by atoms with Gasteiger partial charge in [-0.15, -0.1) is 0 Å². The minimum atomic E-state index is -2.49. The van der Waals surface area contributed by atoms with E-state index in [1.54, 1.807) is 18.3 Å². The van der Waals surface area contributed by atoms with E-state index in [1.807, 2.05) is 0 Å². The Balaban J connectivity index is 1.97. The Hall–Kier alpha value is -1.19. The van der Waals surface area contributed by atoms with E-state index in [2.05, 4.69) is 4.98 Å². The molecule has 0 saturated heterocycles. The Bertz CT molecular complexity index is 403. The molecule has 1 aromatic rings. The topological polar surface area (TPSA) is 32.9 Å². The lowest BCUT2D eigenvalue weighted by Gasteiger charge is -2.27. The number of hydrogen-bond acceptors (Lipinski definition) is 1. The second kappa shape index (κ2) is 4.36. The van der Waals surface area contributed by atoms with Gasteiger partial charge in [-0.3, -0.25) is 4.79 Å². The van der Waals surface area contributed by atoms with Crippen LogP contribution in [0.15, 0.2) is 23.1 Å². The molecular formula is C12H15F2NO. The van der Waals surface area contributed by atoms with Crippen LogP contribution in [0.25, 0.3) is 0 Å². The summed E-state index contributed by atoms with van der Waals surface area (Å²) in [6, 6.07) is 3.54. The predicted octanol–water partition coefficient (Wildman–Crippen LogP) is 2.74. The Morgan fingerprint density at radius 3 is 2.69 bits per heavy atom. The van der Waals surface area contributed by atoms with Gasteiger partial charge in [0.05, 0.1) is 0 Å². The van der Waals surface area contributed by atoms with E-state index in [0.29, 0.717) is 24.8 Å². The summed E-state index contributed by atoms with van der Waals surface area (Å²) in [5.41, 5.74) is 0.609. The molecular weight excluding hydrogens is 212 g/mol. The smallest absolute Gasteiger partial charge is 0.251 e. The van der Waals surface area contributed by atoms with Gasteiger partial charge in [-0.25, -0.2) is 8.78 Å². The van der Waals surface area contributed by atoms with Crippen molar-refractivity contribution in [1.29, 1.82) is 0 Å². The SMILES string of the molecule is O=c1[nH]cccc1CC1CCC(F)(F)CC1. The van der Waals surface area contributed by atoms with Crippen LogP contribution in [0.2, 0.25) is 0 Å². The largest absolute Gasteiger partial charge is 0.329 e. The molecule has 0 amide bonds. The van der Waals surface area contributed by atoms with Gasteiger partial charge in [-0.1, -0.05) is 6.07 Å². The zero-order valence-corrected chi connectivity index (χ0v) is 9.01. The van der Waals surface area contributed by atoms with Crippen molar-refractivity contribution in [2.45, 2.75) is 38.0 Å². The van der Waals surface area contributed by atoms with E-state index in [0.717, 1.165) is 0 Å². The number of halogens is 2. The maximum absolute atomic E-state index is 12.9. The molecule has 0 aliphatic heterocycles. The molecule has 0 spiro atoms. The first-order valence-corrected chi connectivity index (χ1v) is 5.61. The van der Waals surface area contributed by atoms with Crippen LogP contribution in [0.5, 0.6) is 0 Å². The van der Waals surface area contributed by atoms with E-state index in [4.69, 9.17) is 0 Å². The van der Waals surface area contributed by atoms with Crippen molar-refractivity contribution in [1.82, 2.24) is 4.98 Å². The number of H-pyrrole nitrogens is 1. The molecule has 0 atom stereocenters. The average Bonchev–Trinajstić information content (AvgIpc) is 2.24. The Morgan fingerprint density at radius 1 is 1.38 bits per heavy atom. The van der Waals surface area contributed by atoms with E-state index >= 15 is 0 Å². The molecule has 1 N–H and O–H groups in total. The van der Waals surface area contributed by atoms with Crippen LogP contribution in [0.4, 0.5) is 8.78 Å². The molecule has 2 nitrogen and oxygen atoms in total. The maximum atomic E-state index is 12.9. The van der Waals surface area contributed by atoms with Gasteiger partial charge in [-0.2, -0.15) is 0 Å². The monoisotopic (exact) mass is 227 g/mol. The number of pyridine rings is 1. The van der Waals surface area contributed by atoms with Crippen molar-refractivity contribution < 1.29 is 8.78 Å². The third kappa shape index (κ3) is 2.68. The summed E-state index contributed by atoms with van der Waals surface area (Å²) >= 11 is 0. The average molecular weight is 227 g/mol. The second-order valence-corrected chi connectivity index (χ2v) is 4.53. The quantitative estimate of drug-likeness (QED) is 0.827. The summed E-state index contributed by atoms with van der Waals surface area (Å²) in [4.78, 5) is 14.0.